The van der Waals surface area contributed by atoms with Gasteiger partial charge in [-0.3, -0.25) is 0 Å². The summed E-state index contributed by atoms with van der Waals surface area (Å²) in [5.41, 5.74) is 1.47. The van der Waals surface area contributed by atoms with E-state index >= 15 is 0 Å². The molecule has 196 valence electrons. The molecule has 3 aromatic carbocycles. The number of hydrogen-bond donors (Lipinski definition) is 0. The molecular formula is C30H28O8. The van der Waals surface area contributed by atoms with Gasteiger partial charge in [0.2, 0.25) is 0 Å². The predicted molar refractivity (Wildman–Crippen MR) is 136 cm³/mol. The summed E-state index contributed by atoms with van der Waals surface area (Å²) >= 11 is 0. The summed E-state index contributed by atoms with van der Waals surface area (Å²) in [7, 11) is 0. The Morgan fingerprint density at radius 3 is 1.92 bits per heavy atom. The fourth-order valence-electron chi connectivity index (χ4n) is 4.41. The van der Waals surface area contributed by atoms with Crippen molar-refractivity contribution in [3.8, 4) is 0 Å². The van der Waals surface area contributed by atoms with Crippen LogP contribution in [-0.4, -0.2) is 55.9 Å². The smallest absolute Gasteiger partial charge is 0.338 e. The van der Waals surface area contributed by atoms with E-state index in [9.17, 15) is 9.59 Å². The Hall–Kier alpha value is -3.82. The van der Waals surface area contributed by atoms with E-state index in [1.807, 2.05) is 30.3 Å². The molecule has 0 radical (unpaired) electrons. The lowest BCUT2D eigenvalue weighted by Crippen LogP contribution is -2.64. The number of carbonyl (C=O) groups excluding carboxylic acids is 2. The maximum atomic E-state index is 13.2. The summed E-state index contributed by atoms with van der Waals surface area (Å²) in [6.45, 7) is 3.96. The van der Waals surface area contributed by atoms with Crippen molar-refractivity contribution in [1.29, 1.82) is 0 Å². The maximum absolute atomic E-state index is 13.2. The van der Waals surface area contributed by atoms with Crippen LogP contribution in [0.5, 0.6) is 0 Å². The molecule has 8 heteroatoms. The number of rotatable bonds is 8. The standard InChI is InChI=1S/C30H28O8/c1-2-18-33-30-26(37-28(32)21-14-8-4-9-15-21)25(36-27(31)20-12-6-3-7-13-20)24-23(35-30)19-34-29(38-24)22-16-10-5-11-17-22/h2-17,23-26,29-30H,1,18-19H2/t23?,24-,25?,26?,29?,30-/m0/s1. The first-order valence-electron chi connectivity index (χ1n) is 12.4. The zero-order valence-corrected chi connectivity index (χ0v) is 20.6. The van der Waals surface area contributed by atoms with Gasteiger partial charge in [-0.2, -0.15) is 0 Å². The summed E-state index contributed by atoms with van der Waals surface area (Å²) < 4.78 is 36.2. The van der Waals surface area contributed by atoms with E-state index in [1.165, 1.54) is 0 Å². The molecule has 0 amide bonds. The van der Waals surface area contributed by atoms with Crippen LogP contribution < -0.4 is 0 Å². The lowest BCUT2D eigenvalue weighted by atomic mass is 9.97. The van der Waals surface area contributed by atoms with E-state index in [0.29, 0.717) is 11.1 Å². The number of ether oxygens (including phenoxy) is 6. The van der Waals surface area contributed by atoms with Crippen LogP contribution in [0.3, 0.4) is 0 Å². The molecule has 0 aromatic heterocycles. The molecule has 38 heavy (non-hydrogen) atoms. The van der Waals surface area contributed by atoms with Gasteiger partial charge in [-0.05, 0) is 24.3 Å². The number of esters is 2. The van der Waals surface area contributed by atoms with Gasteiger partial charge in [-0.1, -0.05) is 72.8 Å². The number of hydrogen-bond acceptors (Lipinski definition) is 8. The molecular weight excluding hydrogens is 488 g/mol. The Balaban J connectivity index is 1.48. The number of benzene rings is 3. The number of fused-ring (bicyclic) bond motifs is 1. The molecule has 8 nitrogen and oxygen atoms in total. The van der Waals surface area contributed by atoms with E-state index in [4.69, 9.17) is 28.4 Å². The molecule has 0 saturated carbocycles. The van der Waals surface area contributed by atoms with Crippen LogP contribution in [0.25, 0.3) is 0 Å². The van der Waals surface area contributed by atoms with Crippen molar-refractivity contribution < 1.29 is 38.0 Å². The Morgan fingerprint density at radius 2 is 1.34 bits per heavy atom. The molecule has 6 atom stereocenters. The maximum Gasteiger partial charge on any atom is 0.338 e. The largest absolute Gasteiger partial charge is 0.452 e. The highest BCUT2D eigenvalue weighted by Gasteiger charge is 2.54. The fraction of sp³-hybridized carbons (Fsp3) is 0.267. The summed E-state index contributed by atoms with van der Waals surface area (Å²) in [4.78, 5) is 26.3. The van der Waals surface area contributed by atoms with Crippen molar-refractivity contribution in [2.45, 2.75) is 37.0 Å². The van der Waals surface area contributed by atoms with Gasteiger partial charge in [0.1, 0.15) is 12.2 Å². The van der Waals surface area contributed by atoms with Crippen LogP contribution in [0.1, 0.15) is 32.6 Å². The Bertz CT molecular complexity index is 1220. The Labute approximate surface area is 220 Å². The lowest BCUT2D eigenvalue weighted by Gasteiger charge is -2.48. The summed E-state index contributed by atoms with van der Waals surface area (Å²) in [6.07, 6.45) is -3.88. The third kappa shape index (κ3) is 5.84. The van der Waals surface area contributed by atoms with Crippen LogP contribution in [-0.2, 0) is 28.4 Å². The first kappa shape index (κ1) is 25.8. The van der Waals surface area contributed by atoms with Crippen LogP contribution in [0.4, 0.5) is 0 Å². The first-order valence-corrected chi connectivity index (χ1v) is 12.4. The van der Waals surface area contributed by atoms with Gasteiger partial charge in [0.15, 0.2) is 24.8 Å². The van der Waals surface area contributed by atoms with Crippen LogP contribution in [0, 0.1) is 0 Å². The van der Waals surface area contributed by atoms with E-state index in [-0.39, 0.29) is 13.2 Å². The molecule has 4 unspecified atom stereocenters. The predicted octanol–water partition coefficient (Wildman–Crippen LogP) is 4.48. The molecule has 2 aliphatic heterocycles. The SMILES string of the molecule is C=CCO[C@H]1OC2COC(c3ccccc3)O[C@@H]2C(OC(=O)c2ccccc2)C1OC(=O)c1ccccc1. The van der Waals surface area contributed by atoms with E-state index in [0.717, 1.165) is 5.56 Å². The van der Waals surface area contributed by atoms with E-state index < -0.39 is 48.9 Å². The van der Waals surface area contributed by atoms with Gasteiger partial charge >= 0.3 is 11.9 Å². The van der Waals surface area contributed by atoms with Crippen LogP contribution in [0.15, 0.2) is 104 Å². The highest BCUT2D eigenvalue weighted by atomic mass is 16.8. The molecule has 3 aromatic rings. The Kier molecular flexibility index (Phi) is 8.25. The van der Waals surface area contributed by atoms with E-state index in [1.54, 1.807) is 66.7 Å². The monoisotopic (exact) mass is 516 g/mol. The molecule has 2 saturated heterocycles. The minimum Gasteiger partial charge on any atom is -0.452 e. The average Bonchev–Trinajstić information content (AvgIpc) is 2.98. The summed E-state index contributed by atoms with van der Waals surface area (Å²) in [6, 6.07) is 26.5. The Morgan fingerprint density at radius 1 is 0.789 bits per heavy atom. The zero-order chi connectivity index (χ0) is 26.3. The quantitative estimate of drug-likeness (QED) is 0.320. The van der Waals surface area contributed by atoms with Crippen molar-refractivity contribution in [3.05, 3.63) is 120 Å². The zero-order valence-electron chi connectivity index (χ0n) is 20.6. The van der Waals surface area contributed by atoms with Gasteiger partial charge in [0, 0.05) is 5.56 Å². The van der Waals surface area contributed by atoms with Gasteiger partial charge in [0.05, 0.1) is 24.3 Å². The molecule has 0 aliphatic carbocycles. The third-order valence-electron chi connectivity index (χ3n) is 6.24. The minimum atomic E-state index is -1.13. The lowest BCUT2D eigenvalue weighted by molar-refractivity contribution is -0.358. The molecule has 0 bridgehead atoms. The molecule has 2 fully saturated rings. The van der Waals surface area contributed by atoms with Crippen LogP contribution >= 0.6 is 0 Å². The van der Waals surface area contributed by atoms with Crippen molar-refractivity contribution >= 4 is 11.9 Å². The van der Waals surface area contributed by atoms with Crippen LogP contribution in [0.2, 0.25) is 0 Å². The van der Waals surface area contributed by atoms with Gasteiger partial charge in [-0.15, -0.1) is 6.58 Å². The van der Waals surface area contributed by atoms with E-state index in [2.05, 4.69) is 6.58 Å². The number of carbonyl (C=O) groups is 2. The van der Waals surface area contributed by atoms with Crippen molar-refractivity contribution in [1.82, 2.24) is 0 Å². The first-order chi connectivity index (χ1) is 18.6. The molecule has 2 heterocycles. The normalized spacial score (nSPS) is 26.5. The third-order valence-corrected chi connectivity index (χ3v) is 6.24. The topological polar surface area (TPSA) is 89.5 Å². The highest BCUT2D eigenvalue weighted by molar-refractivity contribution is 5.90. The minimum absolute atomic E-state index is 0.120. The van der Waals surface area contributed by atoms with Crippen molar-refractivity contribution in [3.63, 3.8) is 0 Å². The second-order valence-electron chi connectivity index (χ2n) is 8.81. The van der Waals surface area contributed by atoms with Crippen molar-refractivity contribution in [2.75, 3.05) is 13.2 Å². The van der Waals surface area contributed by atoms with Gasteiger partial charge in [-0.25, -0.2) is 9.59 Å². The second kappa shape index (κ2) is 12.1. The molecule has 5 rings (SSSR count). The fourth-order valence-corrected chi connectivity index (χ4v) is 4.41. The average molecular weight is 517 g/mol. The molecule has 0 N–H and O–H groups in total. The molecule has 2 aliphatic rings. The van der Waals surface area contributed by atoms with Gasteiger partial charge < -0.3 is 28.4 Å². The van der Waals surface area contributed by atoms with Gasteiger partial charge in [0.25, 0.3) is 0 Å². The molecule has 0 spiro atoms. The highest BCUT2D eigenvalue weighted by Crippen LogP contribution is 2.37. The van der Waals surface area contributed by atoms with Crippen molar-refractivity contribution in [2.24, 2.45) is 0 Å². The second-order valence-corrected chi connectivity index (χ2v) is 8.81. The summed E-state index contributed by atoms with van der Waals surface area (Å²) in [5.74, 6) is -1.21. The summed E-state index contributed by atoms with van der Waals surface area (Å²) in [5, 5.41) is 0.